The van der Waals surface area contributed by atoms with Crippen LogP contribution in [0.1, 0.15) is 28.8 Å². The highest BCUT2D eigenvalue weighted by Gasteiger charge is 2.38. The lowest BCUT2D eigenvalue weighted by molar-refractivity contribution is -0.122. The van der Waals surface area contributed by atoms with E-state index in [-0.39, 0.29) is 11.8 Å². The molecule has 6 nitrogen and oxygen atoms in total. The number of para-hydroxylation sites is 1. The topological polar surface area (TPSA) is 58.8 Å². The monoisotopic (exact) mass is 452 g/mol. The van der Waals surface area contributed by atoms with Crippen molar-refractivity contribution in [3.63, 3.8) is 0 Å². The van der Waals surface area contributed by atoms with Crippen molar-refractivity contribution < 1.29 is 9.59 Å². The van der Waals surface area contributed by atoms with E-state index in [2.05, 4.69) is 41.0 Å². The van der Waals surface area contributed by atoms with E-state index in [1.54, 1.807) is 0 Å². The highest BCUT2D eigenvalue weighted by molar-refractivity contribution is 6.50. The summed E-state index contributed by atoms with van der Waals surface area (Å²) in [6, 6.07) is 14.1. The van der Waals surface area contributed by atoms with Crippen molar-refractivity contribution in [1.82, 2.24) is 19.2 Å². The zero-order valence-electron chi connectivity index (χ0n) is 19.8. The van der Waals surface area contributed by atoms with Gasteiger partial charge >= 0.3 is 0 Å². The van der Waals surface area contributed by atoms with Gasteiger partial charge in [0, 0.05) is 53.7 Å². The van der Waals surface area contributed by atoms with Gasteiger partial charge in [-0.05, 0) is 63.0 Å². The van der Waals surface area contributed by atoms with Crippen LogP contribution in [-0.4, -0.2) is 46.3 Å². The number of carbonyl (C=O) groups is 2. The molecule has 1 atom stereocenters. The Kier molecular flexibility index (Phi) is 4.74. The predicted molar refractivity (Wildman–Crippen MR) is 134 cm³/mol. The number of aryl methyl sites for hydroxylation is 2. The molecule has 34 heavy (non-hydrogen) atoms. The normalized spacial score (nSPS) is 18.4. The smallest absolute Gasteiger partial charge is 0.259 e. The van der Waals surface area contributed by atoms with Crippen LogP contribution in [0.25, 0.3) is 27.6 Å². The number of nitrogens with zero attached hydrogens (tertiary/aromatic N) is 3. The molecule has 0 bridgehead atoms. The minimum absolute atomic E-state index is 0.304. The number of hydrogen-bond acceptors (Lipinski definition) is 3. The third-order valence-corrected chi connectivity index (χ3v) is 7.31. The fraction of sp³-hybridized carbons (Fsp3) is 0.286. The molecule has 0 saturated carbocycles. The molecule has 1 N–H and O–H groups in total. The van der Waals surface area contributed by atoms with Gasteiger partial charge in [0.25, 0.3) is 11.8 Å². The van der Waals surface area contributed by atoms with Crippen molar-refractivity contribution in [2.45, 2.75) is 19.3 Å². The van der Waals surface area contributed by atoms with E-state index < -0.39 is 0 Å². The van der Waals surface area contributed by atoms with Crippen LogP contribution < -0.4 is 5.32 Å². The van der Waals surface area contributed by atoms with Gasteiger partial charge in [-0.2, -0.15) is 0 Å². The number of fused-ring (bicyclic) bond motifs is 4. The first-order valence-corrected chi connectivity index (χ1v) is 11.8. The Morgan fingerprint density at radius 1 is 1.00 bits per heavy atom. The Hall–Kier alpha value is -3.64. The van der Waals surface area contributed by atoms with E-state index in [0.29, 0.717) is 17.1 Å². The van der Waals surface area contributed by atoms with Crippen LogP contribution in [0, 0.1) is 5.92 Å². The quantitative estimate of drug-likeness (QED) is 0.481. The second kappa shape index (κ2) is 7.71. The van der Waals surface area contributed by atoms with Crippen LogP contribution >= 0.6 is 0 Å². The Morgan fingerprint density at radius 2 is 1.74 bits per heavy atom. The molecular formula is C28H28N4O2. The summed E-state index contributed by atoms with van der Waals surface area (Å²) in [5.74, 6) is -0.108. The average molecular weight is 453 g/mol. The van der Waals surface area contributed by atoms with Gasteiger partial charge in [0.1, 0.15) is 0 Å². The summed E-state index contributed by atoms with van der Waals surface area (Å²) in [4.78, 5) is 28.9. The number of aromatic nitrogens is 2. The molecule has 4 aromatic rings. The zero-order valence-corrected chi connectivity index (χ0v) is 19.8. The Morgan fingerprint density at radius 3 is 2.56 bits per heavy atom. The van der Waals surface area contributed by atoms with Crippen molar-refractivity contribution >= 4 is 39.4 Å². The first kappa shape index (κ1) is 20.9. The maximum atomic E-state index is 13.4. The van der Waals surface area contributed by atoms with Gasteiger partial charge in [-0.3, -0.25) is 14.9 Å². The number of carbonyl (C=O) groups excluding carboxylic acids is 2. The summed E-state index contributed by atoms with van der Waals surface area (Å²) in [5.41, 5.74) is 7.22. The van der Waals surface area contributed by atoms with Gasteiger partial charge in [-0.15, -0.1) is 0 Å². The number of rotatable bonds is 4. The van der Waals surface area contributed by atoms with Crippen LogP contribution in [0.15, 0.2) is 54.9 Å². The SMILES string of the molecule is CN(C)C[C@H]1CCc2c(c(C3=C(c4cn(C)c5ccccc45)C(=O)NC3=O)c3ccccn23)C1. The highest BCUT2D eigenvalue weighted by atomic mass is 16.2. The molecule has 1 aliphatic heterocycles. The van der Waals surface area contributed by atoms with Crippen LogP contribution in [-0.2, 0) is 29.5 Å². The number of imide groups is 1. The van der Waals surface area contributed by atoms with Crippen LogP contribution in [0.3, 0.4) is 0 Å². The molecule has 2 amide bonds. The molecular weight excluding hydrogens is 424 g/mol. The third-order valence-electron chi connectivity index (χ3n) is 7.31. The molecule has 0 radical (unpaired) electrons. The molecule has 0 spiro atoms. The minimum Gasteiger partial charge on any atom is -0.350 e. The van der Waals surface area contributed by atoms with Crippen molar-refractivity contribution in [3.8, 4) is 0 Å². The molecule has 6 heteroatoms. The van der Waals surface area contributed by atoms with Gasteiger partial charge in [0.2, 0.25) is 0 Å². The van der Waals surface area contributed by atoms with Gasteiger partial charge < -0.3 is 13.9 Å². The fourth-order valence-electron chi connectivity index (χ4n) is 5.99. The van der Waals surface area contributed by atoms with E-state index >= 15 is 0 Å². The van der Waals surface area contributed by atoms with Gasteiger partial charge in [0.05, 0.1) is 16.7 Å². The molecule has 2 aliphatic rings. The van der Waals surface area contributed by atoms with Crippen molar-refractivity contribution in [2.24, 2.45) is 13.0 Å². The summed E-state index contributed by atoms with van der Waals surface area (Å²) in [7, 11) is 6.19. The summed E-state index contributed by atoms with van der Waals surface area (Å²) in [6.07, 6.45) is 7.03. The third kappa shape index (κ3) is 3.06. The molecule has 3 aromatic heterocycles. The van der Waals surface area contributed by atoms with Gasteiger partial charge in [0.15, 0.2) is 0 Å². The Labute approximate surface area is 198 Å². The molecule has 1 aliphatic carbocycles. The number of nitrogens with one attached hydrogen (secondary N) is 1. The first-order valence-electron chi connectivity index (χ1n) is 11.8. The number of hydrogen-bond donors (Lipinski definition) is 1. The van der Waals surface area contributed by atoms with Crippen LogP contribution in [0.5, 0.6) is 0 Å². The Balaban J connectivity index is 1.65. The number of benzene rings is 1. The highest BCUT2D eigenvalue weighted by Crippen LogP contribution is 2.42. The zero-order chi connectivity index (χ0) is 23.6. The van der Waals surface area contributed by atoms with Crippen LogP contribution in [0.2, 0.25) is 0 Å². The maximum Gasteiger partial charge on any atom is 0.259 e. The molecule has 1 aromatic carbocycles. The first-order chi connectivity index (χ1) is 16.4. The summed E-state index contributed by atoms with van der Waals surface area (Å²) in [5, 5.41) is 3.59. The lowest BCUT2D eigenvalue weighted by Gasteiger charge is -2.26. The van der Waals surface area contributed by atoms with E-state index in [0.717, 1.165) is 53.4 Å². The van der Waals surface area contributed by atoms with Gasteiger partial charge in [-0.1, -0.05) is 24.3 Å². The number of pyridine rings is 1. The molecule has 0 unspecified atom stereocenters. The minimum atomic E-state index is -0.318. The summed E-state index contributed by atoms with van der Waals surface area (Å²) < 4.78 is 4.24. The lowest BCUT2D eigenvalue weighted by Crippen LogP contribution is -2.27. The molecule has 4 heterocycles. The fourth-order valence-corrected chi connectivity index (χ4v) is 5.99. The molecule has 0 saturated heterocycles. The van der Waals surface area contributed by atoms with Crippen molar-refractivity contribution in [1.29, 1.82) is 0 Å². The largest absolute Gasteiger partial charge is 0.350 e. The maximum absolute atomic E-state index is 13.4. The Bertz CT molecular complexity index is 1520. The molecule has 6 rings (SSSR count). The number of amides is 2. The van der Waals surface area contributed by atoms with Gasteiger partial charge in [-0.25, -0.2) is 0 Å². The van der Waals surface area contributed by atoms with E-state index in [9.17, 15) is 9.59 Å². The molecule has 172 valence electrons. The average Bonchev–Trinajstić information content (AvgIpc) is 3.41. The second-order valence-corrected chi connectivity index (χ2v) is 9.83. The summed E-state index contributed by atoms with van der Waals surface area (Å²) in [6.45, 7) is 1.01. The standard InChI is InChI=1S/C28H28N4O2/c1-30(2)15-17-11-12-22-19(14-17)24(23-10-6-7-13-32(22)23)26-25(27(33)29-28(26)34)20-16-31(3)21-9-5-4-8-18(20)21/h4-10,13,16-17H,11-12,14-15H2,1-3H3,(H,29,33,34)/t17-/m0/s1. The predicted octanol–water partition coefficient (Wildman–Crippen LogP) is 3.66. The van der Waals surface area contributed by atoms with Crippen molar-refractivity contribution in [3.05, 3.63) is 77.2 Å². The van der Waals surface area contributed by atoms with Crippen molar-refractivity contribution in [2.75, 3.05) is 20.6 Å². The van der Waals surface area contributed by atoms with E-state index in [4.69, 9.17) is 0 Å². The molecule has 0 fully saturated rings. The second-order valence-electron chi connectivity index (χ2n) is 9.83. The summed E-state index contributed by atoms with van der Waals surface area (Å²) >= 11 is 0. The van der Waals surface area contributed by atoms with Crippen LogP contribution in [0.4, 0.5) is 0 Å². The lowest BCUT2D eigenvalue weighted by atomic mass is 9.83. The van der Waals surface area contributed by atoms with E-state index in [1.165, 1.54) is 11.3 Å². The van der Waals surface area contributed by atoms with E-state index in [1.807, 2.05) is 54.2 Å².